The molecule has 6 heteroatoms. The fraction of sp³-hybridized carbons (Fsp3) is 0.143. The lowest BCUT2D eigenvalue weighted by Gasteiger charge is -2.06. The first-order valence-corrected chi connectivity index (χ1v) is 5.05. The minimum Gasteiger partial charge on any atom is -0.508 e. The summed E-state index contributed by atoms with van der Waals surface area (Å²) in [6.45, 7) is -0.0710. The summed E-state index contributed by atoms with van der Waals surface area (Å²) in [6.07, 6.45) is 0. The van der Waals surface area contributed by atoms with E-state index >= 15 is 0 Å². The monoisotopic (exact) mass is 202 g/mol. The van der Waals surface area contributed by atoms with Crippen LogP contribution >= 0.6 is 0 Å². The van der Waals surface area contributed by atoms with Crippen molar-refractivity contribution in [1.29, 1.82) is 0 Å². The molecule has 0 radical (unpaired) electrons. The minimum absolute atomic E-state index is 0.0710. The number of sulfonamides is 1. The summed E-state index contributed by atoms with van der Waals surface area (Å²) in [5.41, 5.74) is 5.41. The summed E-state index contributed by atoms with van der Waals surface area (Å²) in [5, 5.41) is 14.2. The third-order valence-electron chi connectivity index (χ3n) is 1.62. The van der Waals surface area contributed by atoms with Gasteiger partial charge in [0, 0.05) is 12.1 Å². The Labute approximate surface area is 76.0 Å². The first kappa shape index (κ1) is 9.97. The summed E-state index contributed by atoms with van der Waals surface area (Å²) in [6, 6.07) is 4.06. The standard InChI is InChI=1S/C7H10N2O3S/c8-4-5-6(10)2-1-3-7(5)13(9,11)12/h1-3,10H,4,8H2,(H2,9,11,12). The highest BCUT2D eigenvalue weighted by Gasteiger charge is 2.15. The Hall–Kier alpha value is -1.11. The maximum absolute atomic E-state index is 11.0. The van der Waals surface area contributed by atoms with E-state index in [2.05, 4.69) is 0 Å². The lowest BCUT2D eigenvalue weighted by molar-refractivity contribution is 0.465. The van der Waals surface area contributed by atoms with E-state index in [1.807, 2.05) is 0 Å². The van der Waals surface area contributed by atoms with E-state index in [1.165, 1.54) is 18.2 Å². The highest BCUT2D eigenvalue weighted by Crippen LogP contribution is 2.22. The van der Waals surface area contributed by atoms with Gasteiger partial charge in [0.15, 0.2) is 0 Å². The van der Waals surface area contributed by atoms with E-state index in [0.29, 0.717) is 0 Å². The zero-order chi connectivity index (χ0) is 10.1. The zero-order valence-corrected chi connectivity index (χ0v) is 7.58. The van der Waals surface area contributed by atoms with Crippen LogP contribution in [-0.4, -0.2) is 13.5 Å². The van der Waals surface area contributed by atoms with Crippen LogP contribution in [0.15, 0.2) is 23.1 Å². The molecule has 1 rings (SSSR count). The Balaban J connectivity index is 3.47. The van der Waals surface area contributed by atoms with Crippen LogP contribution in [0.25, 0.3) is 0 Å². The molecule has 1 aromatic rings. The first-order valence-electron chi connectivity index (χ1n) is 3.50. The Morgan fingerprint density at radius 2 is 2.00 bits per heavy atom. The average Bonchev–Trinajstić information content (AvgIpc) is 2.02. The Bertz CT molecular complexity index is 414. The molecular weight excluding hydrogens is 192 g/mol. The molecule has 0 spiro atoms. The fourth-order valence-electron chi connectivity index (χ4n) is 1.03. The highest BCUT2D eigenvalue weighted by molar-refractivity contribution is 7.89. The lowest BCUT2D eigenvalue weighted by atomic mass is 10.2. The summed E-state index contributed by atoms with van der Waals surface area (Å²) in [4.78, 5) is -0.130. The van der Waals surface area contributed by atoms with E-state index in [-0.39, 0.29) is 22.8 Å². The topological polar surface area (TPSA) is 106 Å². The number of nitrogens with two attached hydrogens (primary N) is 2. The second-order valence-electron chi connectivity index (χ2n) is 2.50. The predicted molar refractivity (Wildman–Crippen MR) is 47.4 cm³/mol. The van der Waals surface area contributed by atoms with Crippen LogP contribution < -0.4 is 10.9 Å². The number of benzene rings is 1. The van der Waals surface area contributed by atoms with Crippen molar-refractivity contribution >= 4 is 10.0 Å². The quantitative estimate of drug-likeness (QED) is 0.600. The number of aromatic hydroxyl groups is 1. The molecule has 0 aliphatic heterocycles. The van der Waals surface area contributed by atoms with Crippen LogP contribution in [0.3, 0.4) is 0 Å². The Morgan fingerprint density at radius 1 is 1.38 bits per heavy atom. The van der Waals surface area contributed by atoms with Gasteiger partial charge in [0.1, 0.15) is 5.75 Å². The second kappa shape index (κ2) is 3.33. The van der Waals surface area contributed by atoms with Crippen molar-refractivity contribution in [2.24, 2.45) is 10.9 Å². The van der Waals surface area contributed by atoms with Crippen molar-refractivity contribution in [3.8, 4) is 5.75 Å². The number of rotatable bonds is 2. The molecule has 0 amide bonds. The maximum atomic E-state index is 11.0. The summed E-state index contributed by atoms with van der Waals surface area (Å²) >= 11 is 0. The van der Waals surface area contributed by atoms with Crippen LogP contribution in [0, 0.1) is 0 Å². The minimum atomic E-state index is -3.81. The average molecular weight is 202 g/mol. The smallest absolute Gasteiger partial charge is 0.238 e. The van der Waals surface area contributed by atoms with Gasteiger partial charge in [0.25, 0.3) is 0 Å². The van der Waals surface area contributed by atoms with Crippen molar-refractivity contribution < 1.29 is 13.5 Å². The van der Waals surface area contributed by atoms with Crippen LogP contribution in [0.5, 0.6) is 5.75 Å². The molecule has 0 heterocycles. The van der Waals surface area contributed by atoms with Crippen LogP contribution in [0.2, 0.25) is 0 Å². The van der Waals surface area contributed by atoms with Crippen LogP contribution in [-0.2, 0) is 16.6 Å². The first-order chi connectivity index (χ1) is 5.96. The zero-order valence-electron chi connectivity index (χ0n) is 6.77. The molecule has 0 saturated carbocycles. The second-order valence-corrected chi connectivity index (χ2v) is 4.03. The molecule has 0 aliphatic carbocycles. The molecular formula is C7H10N2O3S. The Morgan fingerprint density at radius 3 is 2.38 bits per heavy atom. The van der Waals surface area contributed by atoms with Crippen LogP contribution in [0.1, 0.15) is 5.56 Å². The normalized spacial score (nSPS) is 11.5. The maximum Gasteiger partial charge on any atom is 0.238 e. The van der Waals surface area contributed by atoms with Gasteiger partial charge in [-0.3, -0.25) is 0 Å². The van der Waals surface area contributed by atoms with E-state index in [1.54, 1.807) is 0 Å². The summed E-state index contributed by atoms with van der Waals surface area (Å²) in [7, 11) is -3.81. The molecule has 0 unspecified atom stereocenters. The van der Waals surface area contributed by atoms with Crippen molar-refractivity contribution in [2.45, 2.75) is 11.4 Å². The molecule has 13 heavy (non-hydrogen) atoms. The molecule has 0 fully saturated rings. The fourth-order valence-corrected chi connectivity index (χ4v) is 1.83. The van der Waals surface area contributed by atoms with Gasteiger partial charge in [-0.2, -0.15) is 0 Å². The van der Waals surface area contributed by atoms with Gasteiger partial charge in [0.05, 0.1) is 4.90 Å². The number of hydrogen-bond acceptors (Lipinski definition) is 4. The number of primary sulfonamides is 1. The van der Waals surface area contributed by atoms with Gasteiger partial charge >= 0.3 is 0 Å². The van der Waals surface area contributed by atoms with Gasteiger partial charge in [0.2, 0.25) is 10.0 Å². The number of phenols is 1. The van der Waals surface area contributed by atoms with Gasteiger partial charge in [-0.15, -0.1) is 0 Å². The van der Waals surface area contributed by atoms with E-state index < -0.39 is 10.0 Å². The molecule has 0 atom stereocenters. The summed E-state index contributed by atoms with van der Waals surface area (Å²) in [5.74, 6) is -0.158. The van der Waals surface area contributed by atoms with Gasteiger partial charge < -0.3 is 10.8 Å². The van der Waals surface area contributed by atoms with E-state index in [0.717, 1.165) is 0 Å². The Kier molecular flexibility index (Phi) is 2.55. The molecule has 0 saturated heterocycles. The molecule has 0 aliphatic rings. The van der Waals surface area contributed by atoms with Gasteiger partial charge in [-0.05, 0) is 12.1 Å². The molecule has 1 aromatic carbocycles. The van der Waals surface area contributed by atoms with Crippen molar-refractivity contribution in [1.82, 2.24) is 0 Å². The highest BCUT2D eigenvalue weighted by atomic mass is 32.2. The number of phenolic OH excluding ortho intramolecular Hbond substituents is 1. The van der Waals surface area contributed by atoms with Crippen molar-refractivity contribution in [3.05, 3.63) is 23.8 Å². The molecule has 5 nitrogen and oxygen atoms in total. The molecule has 72 valence electrons. The van der Waals surface area contributed by atoms with Crippen molar-refractivity contribution in [3.63, 3.8) is 0 Å². The van der Waals surface area contributed by atoms with Gasteiger partial charge in [-0.1, -0.05) is 6.07 Å². The SMILES string of the molecule is NCc1c(O)cccc1S(N)(=O)=O. The third kappa shape index (κ3) is 1.97. The largest absolute Gasteiger partial charge is 0.508 e. The van der Waals surface area contributed by atoms with E-state index in [9.17, 15) is 13.5 Å². The lowest BCUT2D eigenvalue weighted by Crippen LogP contribution is -2.16. The number of hydrogen-bond donors (Lipinski definition) is 3. The van der Waals surface area contributed by atoms with E-state index in [4.69, 9.17) is 10.9 Å². The van der Waals surface area contributed by atoms with Gasteiger partial charge in [-0.25, -0.2) is 13.6 Å². The van der Waals surface area contributed by atoms with Crippen molar-refractivity contribution in [2.75, 3.05) is 0 Å². The summed E-state index contributed by atoms with van der Waals surface area (Å²) < 4.78 is 22.0. The van der Waals surface area contributed by atoms with Crippen LogP contribution in [0.4, 0.5) is 0 Å². The third-order valence-corrected chi connectivity index (χ3v) is 2.61. The predicted octanol–water partition coefficient (Wildman–Crippen LogP) is -0.502. The molecule has 0 bridgehead atoms. The molecule has 0 aromatic heterocycles. The molecule has 5 N–H and O–H groups in total.